The van der Waals surface area contributed by atoms with E-state index in [9.17, 15) is 4.79 Å². The fraction of sp³-hybridized carbons (Fsp3) is 0.167. The van der Waals surface area contributed by atoms with Gasteiger partial charge in [-0.3, -0.25) is 4.79 Å². The van der Waals surface area contributed by atoms with Crippen LogP contribution in [0.5, 0.6) is 5.75 Å². The highest BCUT2D eigenvalue weighted by molar-refractivity contribution is 6.42. The Kier molecular flexibility index (Phi) is 5.34. The van der Waals surface area contributed by atoms with Crippen LogP contribution in [-0.2, 0) is 4.79 Å². The van der Waals surface area contributed by atoms with Crippen LogP contribution in [0, 0.1) is 0 Å². The molecule has 2 aromatic carbocycles. The number of rotatable bonds is 3. The van der Waals surface area contributed by atoms with E-state index >= 15 is 0 Å². The Morgan fingerprint density at radius 1 is 1.12 bits per heavy atom. The Morgan fingerprint density at radius 3 is 2.75 bits per heavy atom. The van der Waals surface area contributed by atoms with Gasteiger partial charge in [-0.1, -0.05) is 40.9 Å². The average molecular weight is 383 g/mol. The number of hydrogen-bond acceptors (Lipinski definition) is 2. The third-order valence-electron chi connectivity index (χ3n) is 3.70. The predicted octanol–water partition coefficient (Wildman–Crippen LogP) is 5.30. The van der Waals surface area contributed by atoms with Crippen molar-refractivity contribution in [1.82, 2.24) is 5.32 Å². The molecule has 0 radical (unpaired) electrons. The van der Waals surface area contributed by atoms with Crippen LogP contribution in [0.3, 0.4) is 0 Å². The molecule has 1 aliphatic heterocycles. The highest BCUT2D eigenvalue weighted by Crippen LogP contribution is 2.34. The third-order valence-corrected chi connectivity index (χ3v) is 4.67. The standard InChI is InChI=1S/C18H14Cl3NO2/c19-12-3-5-17-13(10-12)16(7-8-24-17)22-18(23)6-2-11-1-4-14(20)15(21)9-11/h1-6,9-10,16H,7-8H2,(H,22,23)/b6-2+. The Bertz CT molecular complexity index is 805. The SMILES string of the molecule is O=C(/C=C/c1ccc(Cl)c(Cl)c1)NC1CCOc2ccc(Cl)cc21. The van der Waals surface area contributed by atoms with Crippen molar-refractivity contribution in [3.8, 4) is 5.75 Å². The molecule has 1 N–H and O–H groups in total. The van der Waals surface area contributed by atoms with E-state index in [1.54, 1.807) is 30.3 Å². The quantitative estimate of drug-likeness (QED) is 0.732. The molecule has 1 amide bonds. The number of ether oxygens (including phenoxy) is 1. The first-order valence-electron chi connectivity index (χ1n) is 7.39. The first-order chi connectivity index (χ1) is 11.5. The van der Waals surface area contributed by atoms with E-state index in [4.69, 9.17) is 39.5 Å². The van der Waals surface area contributed by atoms with Gasteiger partial charge in [0.25, 0.3) is 0 Å². The van der Waals surface area contributed by atoms with Gasteiger partial charge in [-0.05, 0) is 42.0 Å². The maximum atomic E-state index is 12.2. The van der Waals surface area contributed by atoms with Gasteiger partial charge >= 0.3 is 0 Å². The van der Waals surface area contributed by atoms with E-state index in [1.165, 1.54) is 6.08 Å². The Labute approximate surface area is 155 Å². The van der Waals surface area contributed by atoms with Crippen LogP contribution in [0.15, 0.2) is 42.5 Å². The molecular weight excluding hydrogens is 369 g/mol. The molecule has 0 fully saturated rings. The van der Waals surface area contributed by atoms with Crippen LogP contribution >= 0.6 is 34.8 Å². The zero-order chi connectivity index (χ0) is 17.1. The van der Waals surface area contributed by atoms with Gasteiger partial charge in [0, 0.05) is 23.1 Å². The van der Waals surface area contributed by atoms with Gasteiger partial charge in [-0.2, -0.15) is 0 Å². The summed E-state index contributed by atoms with van der Waals surface area (Å²) in [5.74, 6) is 0.559. The number of amides is 1. The molecule has 0 saturated carbocycles. The summed E-state index contributed by atoms with van der Waals surface area (Å²) in [5, 5.41) is 4.52. The molecule has 124 valence electrons. The van der Waals surface area contributed by atoms with Crippen molar-refractivity contribution >= 4 is 46.8 Å². The molecule has 1 unspecified atom stereocenters. The van der Waals surface area contributed by atoms with Crippen molar-refractivity contribution in [3.63, 3.8) is 0 Å². The number of halogens is 3. The van der Waals surface area contributed by atoms with E-state index < -0.39 is 0 Å². The van der Waals surface area contributed by atoms with Gasteiger partial charge < -0.3 is 10.1 Å². The maximum Gasteiger partial charge on any atom is 0.244 e. The fourth-order valence-corrected chi connectivity index (χ4v) is 3.01. The zero-order valence-electron chi connectivity index (χ0n) is 12.6. The maximum absolute atomic E-state index is 12.2. The summed E-state index contributed by atoms with van der Waals surface area (Å²) in [4.78, 5) is 12.2. The Hall–Kier alpha value is -1.68. The predicted molar refractivity (Wildman–Crippen MR) is 97.9 cm³/mol. The van der Waals surface area contributed by atoms with Crippen molar-refractivity contribution in [1.29, 1.82) is 0 Å². The number of hydrogen-bond donors (Lipinski definition) is 1. The molecule has 6 heteroatoms. The van der Waals surface area contributed by atoms with E-state index in [0.29, 0.717) is 28.1 Å². The zero-order valence-corrected chi connectivity index (χ0v) is 14.8. The summed E-state index contributed by atoms with van der Waals surface area (Å²) < 4.78 is 5.59. The minimum Gasteiger partial charge on any atom is -0.493 e. The van der Waals surface area contributed by atoms with Crippen molar-refractivity contribution in [2.75, 3.05) is 6.61 Å². The monoisotopic (exact) mass is 381 g/mol. The molecule has 1 heterocycles. The van der Waals surface area contributed by atoms with Crippen LogP contribution < -0.4 is 10.1 Å². The average Bonchev–Trinajstić information content (AvgIpc) is 2.56. The molecule has 2 aromatic rings. The second kappa shape index (κ2) is 7.47. The van der Waals surface area contributed by atoms with Crippen molar-refractivity contribution in [3.05, 3.63) is 68.7 Å². The summed E-state index contributed by atoms with van der Waals surface area (Å²) in [6, 6.07) is 10.5. The van der Waals surface area contributed by atoms with E-state index in [-0.39, 0.29) is 11.9 Å². The molecule has 1 aliphatic rings. The summed E-state index contributed by atoms with van der Waals surface area (Å²) in [6.07, 6.45) is 3.86. The summed E-state index contributed by atoms with van der Waals surface area (Å²) in [5.41, 5.74) is 1.69. The molecule has 0 saturated heterocycles. The molecule has 1 atom stereocenters. The number of carbonyl (C=O) groups is 1. The summed E-state index contributed by atoms with van der Waals surface area (Å²) in [6.45, 7) is 0.552. The molecule has 0 aliphatic carbocycles. The lowest BCUT2D eigenvalue weighted by atomic mass is 10.0. The van der Waals surface area contributed by atoms with E-state index in [2.05, 4.69) is 5.32 Å². The van der Waals surface area contributed by atoms with Gasteiger partial charge in [-0.25, -0.2) is 0 Å². The molecule has 0 spiro atoms. The molecule has 24 heavy (non-hydrogen) atoms. The Balaban J connectivity index is 1.70. The van der Waals surface area contributed by atoms with Gasteiger partial charge in [-0.15, -0.1) is 0 Å². The number of benzene rings is 2. The minimum atomic E-state index is -0.195. The molecule has 0 aromatic heterocycles. The van der Waals surface area contributed by atoms with Crippen LogP contribution in [0.4, 0.5) is 0 Å². The smallest absolute Gasteiger partial charge is 0.244 e. The van der Waals surface area contributed by atoms with Gasteiger partial charge in [0.05, 0.1) is 22.7 Å². The van der Waals surface area contributed by atoms with E-state index in [1.807, 2.05) is 12.1 Å². The van der Waals surface area contributed by atoms with Gasteiger partial charge in [0.15, 0.2) is 0 Å². The number of fused-ring (bicyclic) bond motifs is 1. The molecular formula is C18H14Cl3NO2. The van der Waals surface area contributed by atoms with Crippen LogP contribution in [0.25, 0.3) is 6.08 Å². The van der Waals surface area contributed by atoms with Gasteiger partial charge in [0.2, 0.25) is 5.91 Å². The molecule has 3 nitrogen and oxygen atoms in total. The largest absolute Gasteiger partial charge is 0.493 e. The number of carbonyl (C=O) groups excluding carboxylic acids is 1. The first-order valence-corrected chi connectivity index (χ1v) is 8.52. The highest BCUT2D eigenvalue weighted by Gasteiger charge is 2.22. The van der Waals surface area contributed by atoms with Crippen LogP contribution in [0.1, 0.15) is 23.6 Å². The second-order valence-corrected chi connectivity index (χ2v) is 6.64. The van der Waals surface area contributed by atoms with Crippen LogP contribution in [0.2, 0.25) is 15.1 Å². The van der Waals surface area contributed by atoms with Crippen molar-refractivity contribution in [2.45, 2.75) is 12.5 Å². The lowest BCUT2D eigenvalue weighted by molar-refractivity contribution is -0.117. The fourth-order valence-electron chi connectivity index (χ4n) is 2.52. The normalized spacial score (nSPS) is 16.5. The summed E-state index contributed by atoms with van der Waals surface area (Å²) >= 11 is 17.9. The summed E-state index contributed by atoms with van der Waals surface area (Å²) in [7, 11) is 0. The first kappa shape index (κ1) is 17.2. The molecule has 0 bridgehead atoms. The topological polar surface area (TPSA) is 38.3 Å². The van der Waals surface area contributed by atoms with Gasteiger partial charge in [0.1, 0.15) is 5.75 Å². The lowest BCUT2D eigenvalue weighted by Gasteiger charge is -2.26. The number of nitrogens with one attached hydrogen (secondary N) is 1. The van der Waals surface area contributed by atoms with Crippen molar-refractivity contribution in [2.24, 2.45) is 0 Å². The Morgan fingerprint density at radius 2 is 1.96 bits per heavy atom. The van der Waals surface area contributed by atoms with Crippen molar-refractivity contribution < 1.29 is 9.53 Å². The highest BCUT2D eigenvalue weighted by atomic mass is 35.5. The third kappa shape index (κ3) is 4.04. The second-order valence-electron chi connectivity index (χ2n) is 5.39. The van der Waals surface area contributed by atoms with Crippen LogP contribution in [-0.4, -0.2) is 12.5 Å². The van der Waals surface area contributed by atoms with E-state index in [0.717, 1.165) is 16.9 Å². The molecule has 3 rings (SSSR count). The minimum absolute atomic E-state index is 0.126. The lowest BCUT2D eigenvalue weighted by Crippen LogP contribution is -2.30.